The van der Waals surface area contributed by atoms with E-state index in [2.05, 4.69) is 10.6 Å². The molecule has 0 bridgehead atoms. The van der Waals surface area contributed by atoms with Gasteiger partial charge in [-0.25, -0.2) is 4.79 Å². The average molecular weight is 272 g/mol. The lowest BCUT2D eigenvalue weighted by atomic mass is 9.78. The van der Waals surface area contributed by atoms with Crippen molar-refractivity contribution in [2.45, 2.75) is 51.0 Å². The number of urea groups is 1. The van der Waals surface area contributed by atoms with E-state index in [0.29, 0.717) is 0 Å². The summed E-state index contributed by atoms with van der Waals surface area (Å²) < 4.78 is 0. The molecule has 110 valence electrons. The Labute approximate surface area is 113 Å². The molecule has 4 N–H and O–H groups in total. The SMILES string of the molecule is CC(O)(CNC(=O)NCCC(=O)O)C1CCCCC1. The maximum absolute atomic E-state index is 11.4. The molecule has 0 aliphatic heterocycles. The fourth-order valence-electron chi connectivity index (χ4n) is 2.47. The van der Waals surface area contributed by atoms with Gasteiger partial charge in [-0.1, -0.05) is 19.3 Å². The Morgan fingerprint density at radius 1 is 1.21 bits per heavy atom. The van der Waals surface area contributed by atoms with E-state index in [0.717, 1.165) is 25.7 Å². The number of hydrogen-bond donors (Lipinski definition) is 4. The third-order valence-corrected chi connectivity index (χ3v) is 3.72. The van der Waals surface area contributed by atoms with Crippen molar-refractivity contribution in [1.29, 1.82) is 0 Å². The number of carbonyl (C=O) groups excluding carboxylic acids is 1. The van der Waals surface area contributed by atoms with Gasteiger partial charge in [0.1, 0.15) is 0 Å². The zero-order chi connectivity index (χ0) is 14.3. The summed E-state index contributed by atoms with van der Waals surface area (Å²) in [6, 6.07) is -0.433. The van der Waals surface area contributed by atoms with Crippen LogP contribution in [0.15, 0.2) is 0 Å². The number of hydrogen-bond acceptors (Lipinski definition) is 3. The van der Waals surface area contributed by atoms with Crippen LogP contribution in [0.1, 0.15) is 45.4 Å². The van der Waals surface area contributed by atoms with E-state index in [9.17, 15) is 14.7 Å². The highest BCUT2D eigenvalue weighted by molar-refractivity contribution is 5.75. The van der Waals surface area contributed by atoms with E-state index in [1.807, 2.05) is 0 Å². The Balaban J connectivity index is 2.25. The Kier molecular flexibility index (Phi) is 6.08. The molecule has 1 saturated carbocycles. The number of carbonyl (C=O) groups is 2. The molecule has 0 spiro atoms. The second-order valence-electron chi connectivity index (χ2n) is 5.45. The first-order chi connectivity index (χ1) is 8.92. The van der Waals surface area contributed by atoms with Crippen molar-refractivity contribution in [1.82, 2.24) is 10.6 Å². The summed E-state index contributed by atoms with van der Waals surface area (Å²) in [5.74, 6) is -0.727. The lowest BCUT2D eigenvalue weighted by molar-refractivity contribution is -0.136. The Bertz CT molecular complexity index is 312. The minimum absolute atomic E-state index is 0.0900. The predicted octanol–water partition coefficient (Wildman–Crippen LogP) is 1.09. The van der Waals surface area contributed by atoms with Crippen molar-refractivity contribution >= 4 is 12.0 Å². The van der Waals surface area contributed by atoms with Crippen LogP contribution in [0.25, 0.3) is 0 Å². The molecular formula is C13H24N2O4. The fraction of sp³-hybridized carbons (Fsp3) is 0.846. The van der Waals surface area contributed by atoms with Gasteiger partial charge in [-0.3, -0.25) is 4.79 Å². The van der Waals surface area contributed by atoms with E-state index in [1.165, 1.54) is 6.42 Å². The summed E-state index contributed by atoms with van der Waals surface area (Å²) in [6.07, 6.45) is 5.37. The molecule has 0 radical (unpaired) electrons. The molecule has 1 fully saturated rings. The number of rotatable bonds is 6. The number of nitrogens with one attached hydrogen (secondary N) is 2. The van der Waals surface area contributed by atoms with Gasteiger partial charge < -0.3 is 20.8 Å². The highest BCUT2D eigenvalue weighted by atomic mass is 16.4. The van der Waals surface area contributed by atoms with Crippen LogP contribution in [-0.4, -0.2) is 40.9 Å². The number of aliphatic carboxylic acids is 1. The van der Waals surface area contributed by atoms with Gasteiger partial charge in [0.25, 0.3) is 0 Å². The zero-order valence-corrected chi connectivity index (χ0v) is 11.4. The molecule has 1 aliphatic rings. The second-order valence-corrected chi connectivity index (χ2v) is 5.45. The van der Waals surface area contributed by atoms with Crippen molar-refractivity contribution in [2.75, 3.05) is 13.1 Å². The summed E-state index contributed by atoms with van der Waals surface area (Å²) in [5.41, 5.74) is -0.898. The van der Waals surface area contributed by atoms with E-state index >= 15 is 0 Å². The van der Waals surface area contributed by atoms with Crippen LogP contribution >= 0.6 is 0 Å². The van der Waals surface area contributed by atoms with Crippen LogP contribution in [0, 0.1) is 5.92 Å². The van der Waals surface area contributed by atoms with Crippen LogP contribution in [-0.2, 0) is 4.79 Å². The van der Waals surface area contributed by atoms with Gasteiger partial charge in [0.2, 0.25) is 0 Å². The molecule has 1 atom stereocenters. The van der Waals surface area contributed by atoms with Gasteiger partial charge in [-0.2, -0.15) is 0 Å². The van der Waals surface area contributed by atoms with Crippen LogP contribution in [0.3, 0.4) is 0 Å². The molecule has 2 amide bonds. The number of amides is 2. The van der Waals surface area contributed by atoms with Gasteiger partial charge >= 0.3 is 12.0 Å². The Morgan fingerprint density at radius 2 is 1.84 bits per heavy atom. The predicted molar refractivity (Wildman–Crippen MR) is 70.9 cm³/mol. The molecule has 19 heavy (non-hydrogen) atoms. The zero-order valence-electron chi connectivity index (χ0n) is 11.4. The minimum atomic E-state index is -0.950. The van der Waals surface area contributed by atoms with E-state index < -0.39 is 17.6 Å². The summed E-state index contributed by atoms with van der Waals surface area (Å²) in [5, 5.41) is 23.9. The summed E-state index contributed by atoms with van der Waals surface area (Å²) in [4.78, 5) is 21.7. The quantitative estimate of drug-likeness (QED) is 0.581. The highest BCUT2D eigenvalue weighted by Crippen LogP contribution is 2.32. The fourth-order valence-corrected chi connectivity index (χ4v) is 2.47. The third-order valence-electron chi connectivity index (χ3n) is 3.72. The Morgan fingerprint density at radius 3 is 2.42 bits per heavy atom. The molecule has 0 aromatic carbocycles. The van der Waals surface area contributed by atoms with Crippen LogP contribution in [0.2, 0.25) is 0 Å². The largest absolute Gasteiger partial charge is 0.481 e. The molecule has 0 aromatic rings. The number of aliphatic hydroxyl groups is 1. The standard InChI is InChI=1S/C13H24N2O4/c1-13(19,10-5-3-2-4-6-10)9-15-12(18)14-8-7-11(16)17/h10,19H,2-9H2,1H3,(H,16,17)(H2,14,15,18). The first kappa shape index (κ1) is 15.8. The first-order valence-electron chi connectivity index (χ1n) is 6.87. The maximum atomic E-state index is 11.4. The number of carboxylic acids is 1. The lowest BCUT2D eigenvalue weighted by Gasteiger charge is -2.35. The normalized spacial score (nSPS) is 19.5. The van der Waals surface area contributed by atoms with Gasteiger partial charge in [0, 0.05) is 13.1 Å². The second kappa shape index (κ2) is 7.33. The Hall–Kier alpha value is -1.30. The minimum Gasteiger partial charge on any atom is -0.481 e. The van der Waals surface area contributed by atoms with Crippen molar-refractivity contribution in [3.8, 4) is 0 Å². The molecule has 0 saturated heterocycles. The lowest BCUT2D eigenvalue weighted by Crippen LogP contribution is -2.49. The van der Waals surface area contributed by atoms with Gasteiger partial charge in [-0.05, 0) is 25.7 Å². The first-order valence-corrected chi connectivity index (χ1v) is 6.87. The molecule has 1 unspecified atom stereocenters. The third kappa shape index (κ3) is 5.92. The average Bonchev–Trinajstić information content (AvgIpc) is 2.37. The molecule has 0 heterocycles. The van der Waals surface area contributed by atoms with Crippen LogP contribution in [0.4, 0.5) is 4.79 Å². The molecule has 6 heteroatoms. The van der Waals surface area contributed by atoms with E-state index in [1.54, 1.807) is 6.92 Å². The molecule has 1 aliphatic carbocycles. The molecule has 6 nitrogen and oxygen atoms in total. The van der Waals surface area contributed by atoms with E-state index in [4.69, 9.17) is 5.11 Å². The van der Waals surface area contributed by atoms with Crippen LogP contribution in [0.5, 0.6) is 0 Å². The molecule has 0 aromatic heterocycles. The smallest absolute Gasteiger partial charge is 0.314 e. The van der Waals surface area contributed by atoms with Crippen LogP contribution < -0.4 is 10.6 Å². The van der Waals surface area contributed by atoms with Crippen molar-refractivity contribution in [3.05, 3.63) is 0 Å². The van der Waals surface area contributed by atoms with Gasteiger partial charge in [0.05, 0.1) is 12.0 Å². The van der Waals surface area contributed by atoms with Crippen molar-refractivity contribution in [2.24, 2.45) is 5.92 Å². The maximum Gasteiger partial charge on any atom is 0.314 e. The monoisotopic (exact) mass is 272 g/mol. The summed E-state index contributed by atoms with van der Waals surface area (Å²) in [6.45, 7) is 2.03. The molecule has 1 rings (SSSR count). The topological polar surface area (TPSA) is 98.7 Å². The molecular weight excluding hydrogens is 248 g/mol. The highest BCUT2D eigenvalue weighted by Gasteiger charge is 2.32. The van der Waals surface area contributed by atoms with E-state index in [-0.39, 0.29) is 25.4 Å². The van der Waals surface area contributed by atoms with Crippen molar-refractivity contribution < 1.29 is 19.8 Å². The van der Waals surface area contributed by atoms with Gasteiger partial charge in [0.15, 0.2) is 0 Å². The summed E-state index contributed by atoms with van der Waals surface area (Å²) >= 11 is 0. The van der Waals surface area contributed by atoms with Crippen molar-refractivity contribution in [3.63, 3.8) is 0 Å². The number of carboxylic acid groups (broad SMARTS) is 1. The summed E-state index contributed by atoms with van der Waals surface area (Å²) in [7, 11) is 0. The van der Waals surface area contributed by atoms with Gasteiger partial charge in [-0.15, -0.1) is 0 Å².